The third-order valence-electron chi connectivity index (χ3n) is 2.13. The molecule has 3 atom stereocenters. The van der Waals surface area contributed by atoms with Crippen molar-refractivity contribution in [2.24, 2.45) is 11.8 Å². The maximum Gasteiger partial charge on any atom is 0.0508 e. The van der Waals surface area contributed by atoms with E-state index in [1.54, 1.807) is 0 Å². The van der Waals surface area contributed by atoms with E-state index in [0.717, 1.165) is 29.9 Å². The minimum Gasteiger partial charge on any atom is -0.381 e. The predicted molar refractivity (Wildman–Crippen MR) is 35.1 cm³/mol. The highest BCUT2D eigenvalue weighted by atomic mass is 79.9. The fourth-order valence-corrected chi connectivity index (χ4v) is 2.45. The Balaban J connectivity index is 1.97. The van der Waals surface area contributed by atoms with Crippen molar-refractivity contribution in [2.45, 2.75) is 11.2 Å². The van der Waals surface area contributed by atoms with E-state index in [9.17, 15) is 0 Å². The summed E-state index contributed by atoms with van der Waals surface area (Å²) >= 11 is 3.60. The molecular weight excluding hydrogens is 168 g/mol. The molecule has 0 unspecified atom stereocenters. The third-order valence-corrected chi connectivity index (χ3v) is 3.49. The van der Waals surface area contributed by atoms with E-state index in [2.05, 4.69) is 15.9 Å². The first kappa shape index (κ1) is 5.24. The van der Waals surface area contributed by atoms with Crippen LogP contribution in [0, 0.1) is 11.8 Å². The number of alkyl halides is 1. The molecule has 46 valence electrons. The van der Waals surface area contributed by atoms with Gasteiger partial charge in [-0.1, -0.05) is 15.9 Å². The van der Waals surface area contributed by atoms with Gasteiger partial charge < -0.3 is 4.74 Å². The van der Waals surface area contributed by atoms with Gasteiger partial charge in [0.05, 0.1) is 6.61 Å². The quantitative estimate of drug-likeness (QED) is 0.508. The summed E-state index contributed by atoms with van der Waals surface area (Å²) in [5.41, 5.74) is 0. The summed E-state index contributed by atoms with van der Waals surface area (Å²) in [5.74, 6) is 1.83. The molecular formula is C6H9BrO. The molecule has 0 spiro atoms. The standard InChI is InChI=1S/C6H9BrO/c7-6-4-1-2-8-3-5(4)6/h4-6H,1-3H2/t4-,5+,6+/m0/s1. The van der Waals surface area contributed by atoms with Crippen LogP contribution in [-0.2, 0) is 4.74 Å². The summed E-state index contributed by atoms with van der Waals surface area (Å²) in [6.07, 6.45) is 1.28. The second-order valence-electron chi connectivity index (χ2n) is 2.64. The zero-order chi connectivity index (χ0) is 5.56. The van der Waals surface area contributed by atoms with Crippen molar-refractivity contribution in [3.8, 4) is 0 Å². The average molecular weight is 177 g/mol. The third kappa shape index (κ3) is 0.627. The molecule has 0 aromatic rings. The van der Waals surface area contributed by atoms with E-state index < -0.39 is 0 Å². The Morgan fingerprint density at radius 1 is 1.38 bits per heavy atom. The molecule has 0 bridgehead atoms. The van der Waals surface area contributed by atoms with Crippen LogP contribution in [0.2, 0.25) is 0 Å². The molecule has 2 rings (SSSR count). The molecule has 2 heteroatoms. The highest BCUT2D eigenvalue weighted by molar-refractivity contribution is 9.09. The summed E-state index contributed by atoms with van der Waals surface area (Å²) in [6, 6.07) is 0. The van der Waals surface area contributed by atoms with Crippen LogP contribution in [-0.4, -0.2) is 18.0 Å². The van der Waals surface area contributed by atoms with E-state index in [0.29, 0.717) is 0 Å². The molecule has 8 heavy (non-hydrogen) atoms. The van der Waals surface area contributed by atoms with E-state index in [4.69, 9.17) is 4.74 Å². The van der Waals surface area contributed by atoms with Crippen LogP contribution < -0.4 is 0 Å². The molecule has 1 aliphatic carbocycles. The fourth-order valence-electron chi connectivity index (χ4n) is 1.43. The van der Waals surface area contributed by atoms with Gasteiger partial charge in [-0.15, -0.1) is 0 Å². The van der Waals surface area contributed by atoms with Crippen molar-refractivity contribution in [1.29, 1.82) is 0 Å². The highest BCUT2D eigenvalue weighted by Crippen LogP contribution is 2.49. The Morgan fingerprint density at radius 2 is 2.25 bits per heavy atom. The van der Waals surface area contributed by atoms with Crippen LogP contribution >= 0.6 is 15.9 Å². The van der Waals surface area contributed by atoms with Gasteiger partial charge in [-0.25, -0.2) is 0 Å². The molecule has 0 aromatic heterocycles. The maximum atomic E-state index is 5.26. The number of hydrogen-bond donors (Lipinski definition) is 0. The molecule has 1 aliphatic heterocycles. The lowest BCUT2D eigenvalue weighted by Crippen LogP contribution is -2.06. The van der Waals surface area contributed by atoms with Gasteiger partial charge in [0.25, 0.3) is 0 Å². The molecule has 1 saturated carbocycles. The van der Waals surface area contributed by atoms with Crippen molar-refractivity contribution in [2.75, 3.05) is 13.2 Å². The summed E-state index contributed by atoms with van der Waals surface area (Å²) < 4.78 is 5.26. The normalized spacial score (nSPS) is 52.9. The van der Waals surface area contributed by atoms with Gasteiger partial charge in [-0.2, -0.15) is 0 Å². The zero-order valence-corrected chi connectivity index (χ0v) is 6.23. The topological polar surface area (TPSA) is 9.23 Å². The van der Waals surface area contributed by atoms with E-state index in [1.807, 2.05) is 0 Å². The number of halogens is 1. The van der Waals surface area contributed by atoms with Crippen LogP contribution in [0.1, 0.15) is 6.42 Å². The van der Waals surface area contributed by atoms with Gasteiger partial charge in [-0.05, 0) is 18.3 Å². The first-order valence-electron chi connectivity index (χ1n) is 3.11. The molecule has 1 heterocycles. The largest absolute Gasteiger partial charge is 0.381 e. The van der Waals surface area contributed by atoms with Crippen molar-refractivity contribution >= 4 is 15.9 Å². The predicted octanol–water partition coefficient (Wildman–Crippen LogP) is 1.42. The Labute approximate surface area is 57.5 Å². The molecule has 1 nitrogen and oxygen atoms in total. The van der Waals surface area contributed by atoms with E-state index in [1.165, 1.54) is 6.42 Å². The van der Waals surface area contributed by atoms with Crippen molar-refractivity contribution in [3.63, 3.8) is 0 Å². The minimum absolute atomic E-state index is 0.796. The van der Waals surface area contributed by atoms with Crippen molar-refractivity contribution in [1.82, 2.24) is 0 Å². The van der Waals surface area contributed by atoms with Gasteiger partial charge in [0, 0.05) is 11.4 Å². The van der Waals surface area contributed by atoms with Crippen LogP contribution in [0.25, 0.3) is 0 Å². The van der Waals surface area contributed by atoms with Crippen molar-refractivity contribution < 1.29 is 4.74 Å². The lowest BCUT2D eigenvalue weighted by molar-refractivity contribution is 0.0890. The smallest absolute Gasteiger partial charge is 0.0508 e. The first-order chi connectivity index (χ1) is 3.89. The molecule has 2 aliphatic rings. The van der Waals surface area contributed by atoms with E-state index >= 15 is 0 Å². The zero-order valence-electron chi connectivity index (χ0n) is 4.64. The fraction of sp³-hybridized carbons (Fsp3) is 1.00. The Kier molecular flexibility index (Phi) is 1.12. The Bertz CT molecular complexity index is 92.7. The second-order valence-corrected chi connectivity index (χ2v) is 3.69. The summed E-state index contributed by atoms with van der Waals surface area (Å²) in [7, 11) is 0. The SMILES string of the molecule is Br[C@@H]1[C@H]2CCOC[C@@H]12. The molecule has 2 fully saturated rings. The van der Waals surface area contributed by atoms with Gasteiger partial charge in [-0.3, -0.25) is 0 Å². The first-order valence-corrected chi connectivity index (χ1v) is 4.03. The lowest BCUT2D eigenvalue weighted by Gasteiger charge is -2.07. The molecule has 0 radical (unpaired) electrons. The molecule has 0 amide bonds. The van der Waals surface area contributed by atoms with Crippen LogP contribution in [0.5, 0.6) is 0 Å². The van der Waals surface area contributed by atoms with Crippen LogP contribution in [0.15, 0.2) is 0 Å². The van der Waals surface area contributed by atoms with Gasteiger partial charge in [0.1, 0.15) is 0 Å². The van der Waals surface area contributed by atoms with Gasteiger partial charge in [0.2, 0.25) is 0 Å². The van der Waals surface area contributed by atoms with Crippen molar-refractivity contribution in [3.05, 3.63) is 0 Å². The van der Waals surface area contributed by atoms with Crippen LogP contribution in [0.3, 0.4) is 0 Å². The number of hydrogen-bond acceptors (Lipinski definition) is 1. The second kappa shape index (κ2) is 1.71. The maximum absolute atomic E-state index is 5.26. The number of rotatable bonds is 0. The van der Waals surface area contributed by atoms with Gasteiger partial charge in [0.15, 0.2) is 0 Å². The molecule has 0 N–H and O–H groups in total. The Hall–Kier alpha value is 0.440. The van der Waals surface area contributed by atoms with Gasteiger partial charge >= 0.3 is 0 Å². The Morgan fingerprint density at radius 3 is 2.75 bits per heavy atom. The number of fused-ring (bicyclic) bond motifs is 1. The summed E-state index contributed by atoms with van der Waals surface area (Å²) in [5, 5.41) is 0. The summed E-state index contributed by atoms with van der Waals surface area (Å²) in [4.78, 5) is 0.796. The summed E-state index contributed by atoms with van der Waals surface area (Å²) in [6.45, 7) is 1.99. The minimum atomic E-state index is 0.796. The molecule has 1 saturated heterocycles. The molecule has 0 aromatic carbocycles. The average Bonchev–Trinajstić information content (AvgIpc) is 2.46. The highest BCUT2D eigenvalue weighted by Gasteiger charge is 2.49. The lowest BCUT2D eigenvalue weighted by atomic mass is 10.2. The van der Waals surface area contributed by atoms with E-state index in [-0.39, 0.29) is 0 Å². The number of ether oxygens (including phenoxy) is 1. The van der Waals surface area contributed by atoms with Crippen LogP contribution in [0.4, 0.5) is 0 Å². The monoisotopic (exact) mass is 176 g/mol.